The second-order valence-electron chi connectivity index (χ2n) is 4.94. The molecule has 5 heteroatoms. The smallest absolute Gasteiger partial charge is 0.234 e. The van der Waals surface area contributed by atoms with Crippen LogP contribution in [0.2, 0.25) is 0 Å². The van der Waals surface area contributed by atoms with Crippen LogP contribution in [0.25, 0.3) is 0 Å². The molecule has 0 aromatic carbocycles. The van der Waals surface area contributed by atoms with Crippen molar-refractivity contribution < 1.29 is 9.53 Å². The van der Waals surface area contributed by atoms with E-state index in [1.807, 2.05) is 30.9 Å². The molecule has 0 saturated carbocycles. The first-order chi connectivity index (χ1) is 9.55. The largest absolute Gasteiger partial charge is 0.492 e. The van der Waals surface area contributed by atoms with E-state index in [2.05, 4.69) is 11.9 Å². The van der Waals surface area contributed by atoms with Crippen LogP contribution in [0.5, 0.6) is 0 Å². The lowest BCUT2D eigenvalue weighted by Crippen LogP contribution is -2.51. The van der Waals surface area contributed by atoms with Gasteiger partial charge in [-0.3, -0.25) is 9.69 Å². The molecule has 0 radical (unpaired) electrons. The highest BCUT2D eigenvalue weighted by molar-refractivity contribution is 5.78. The highest BCUT2D eigenvalue weighted by Gasteiger charge is 2.18. The number of carbonyl (C=O) groups excluding carboxylic acids is 1. The number of carbonyl (C=O) groups is 1. The van der Waals surface area contributed by atoms with Crippen molar-refractivity contribution in [1.82, 2.24) is 10.2 Å². The zero-order valence-corrected chi connectivity index (χ0v) is 12.4. The van der Waals surface area contributed by atoms with Crippen LogP contribution in [0.15, 0.2) is 36.1 Å². The molecule has 5 nitrogen and oxygen atoms in total. The third-order valence-electron chi connectivity index (χ3n) is 3.05. The molecule has 0 aromatic heterocycles. The maximum atomic E-state index is 11.3. The molecule has 1 atom stereocenters. The minimum atomic E-state index is -0.117. The molecule has 1 unspecified atom stereocenters. The van der Waals surface area contributed by atoms with Crippen molar-refractivity contribution in [1.29, 1.82) is 0 Å². The number of nitrogens with one attached hydrogen (secondary N) is 1. The van der Waals surface area contributed by atoms with Crippen molar-refractivity contribution in [3.05, 3.63) is 36.1 Å². The fraction of sp³-hybridized carbons (Fsp3) is 0.533. The fourth-order valence-electron chi connectivity index (χ4n) is 1.93. The topological polar surface area (TPSA) is 67.6 Å². The first-order valence-corrected chi connectivity index (χ1v) is 6.89. The summed E-state index contributed by atoms with van der Waals surface area (Å²) in [5.41, 5.74) is 7.09. The van der Waals surface area contributed by atoms with E-state index in [4.69, 9.17) is 10.5 Å². The Labute approximate surface area is 121 Å². The summed E-state index contributed by atoms with van der Waals surface area (Å²) < 4.78 is 5.68. The highest BCUT2D eigenvalue weighted by atomic mass is 16.5. The Morgan fingerprint density at radius 1 is 1.65 bits per heavy atom. The second kappa shape index (κ2) is 8.55. The molecule has 0 spiro atoms. The van der Waals surface area contributed by atoms with Crippen molar-refractivity contribution in [2.75, 3.05) is 32.8 Å². The van der Waals surface area contributed by atoms with Crippen LogP contribution in [-0.4, -0.2) is 49.6 Å². The quantitative estimate of drug-likeness (QED) is 0.534. The second-order valence-corrected chi connectivity index (χ2v) is 4.94. The Morgan fingerprint density at radius 3 is 3.00 bits per heavy atom. The molecule has 3 N–H and O–H groups in total. The first kappa shape index (κ1) is 16.5. The number of ether oxygens (including phenoxy) is 1. The normalized spacial score (nSPS) is 19.4. The van der Waals surface area contributed by atoms with Gasteiger partial charge in [-0.2, -0.15) is 0 Å². The molecule has 1 aliphatic rings. The van der Waals surface area contributed by atoms with Crippen LogP contribution in [0.1, 0.15) is 13.8 Å². The molecule has 20 heavy (non-hydrogen) atoms. The van der Waals surface area contributed by atoms with Gasteiger partial charge >= 0.3 is 0 Å². The number of hydrogen-bond acceptors (Lipinski definition) is 4. The summed E-state index contributed by atoms with van der Waals surface area (Å²) >= 11 is 0. The zero-order chi connectivity index (χ0) is 15.0. The van der Waals surface area contributed by atoms with E-state index in [0.717, 1.165) is 17.9 Å². The van der Waals surface area contributed by atoms with Gasteiger partial charge in [-0.1, -0.05) is 12.7 Å². The van der Waals surface area contributed by atoms with E-state index < -0.39 is 0 Å². The molecule has 1 rings (SSSR count). The van der Waals surface area contributed by atoms with Gasteiger partial charge in [0.2, 0.25) is 5.91 Å². The Hall–Kier alpha value is -1.59. The average Bonchev–Trinajstić information content (AvgIpc) is 2.43. The monoisotopic (exact) mass is 279 g/mol. The molecule has 0 aromatic rings. The third-order valence-corrected chi connectivity index (χ3v) is 3.05. The van der Waals surface area contributed by atoms with E-state index in [9.17, 15) is 4.79 Å². The lowest BCUT2D eigenvalue weighted by atomic mass is 10.2. The molecule has 1 aliphatic heterocycles. The Bertz CT molecular complexity index is 402. The zero-order valence-electron chi connectivity index (χ0n) is 12.4. The molecule has 1 amide bonds. The Morgan fingerprint density at radius 2 is 2.40 bits per heavy atom. The summed E-state index contributed by atoms with van der Waals surface area (Å²) in [6.45, 7) is 10.6. The minimum absolute atomic E-state index is 0.0584. The van der Waals surface area contributed by atoms with Gasteiger partial charge in [0.1, 0.15) is 12.4 Å². The van der Waals surface area contributed by atoms with Crippen LogP contribution in [0, 0.1) is 0 Å². The molecular weight excluding hydrogens is 254 g/mol. The number of allylic oxidation sites excluding steroid dienone is 4. The van der Waals surface area contributed by atoms with E-state index in [0.29, 0.717) is 26.2 Å². The molecular formula is C15H25N3O2. The average molecular weight is 279 g/mol. The summed E-state index contributed by atoms with van der Waals surface area (Å²) in [4.78, 5) is 13.3. The summed E-state index contributed by atoms with van der Waals surface area (Å²) in [5.74, 6) is 0.845. The number of nitrogens with zero attached hydrogens (tertiary/aromatic N) is 1. The van der Waals surface area contributed by atoms with E-state index in [-0.39, 0.29) is 11.9 Å². The van der Waals surface area contributed by atoms with Gasteiger partial charge in [0.15, 0.2) is 0 Å². The Balaban J connectivity index is 2.36. The third kappa shape index (κ3) is 6.04. The number of nitrogens with two attached hydrogens (primary N) is 1. The molecule has 1 saturated heterocycles. The van der Waals surface area contributed by atoms with Gasteiger partial charge in [0.25, 0.3) is 0 Å². The summed E-state index contributed by atoms with van der Waals surface area (Å²) in [6.07, 6.45) is 5.60. The number of piperazine rings is 1. The first-order valence-electron chi connectivity index (χ1n) is 6.89. The maximum Gasteiger partial charge on any atom is 0.234 e. The summed E-state index contributed by atoms with van der Waals surface area (Å²) in [7, 11) is 0. The highest BCUT2D eigenvalue weighted by Crippen LogP contribution is 2.06. The van der Waals surface area contributed by atoms with Gasteiger partial charge in [0, 0.05) is 19.6 Å². The predicted molar refractivity (Wildman–Crippen MR) is 81.1 cm³/mol. The molecule has 1 heterocycles. The van der Waals surface area contributed by atoms with Crippen LogP contribution in [0.4, 0.5) is 0 Å². The minimum Gasteiger partial charge on any atom is -0.492 e. The standard InChI is InChI=1S/C15H25N3O2/c1-4-12(3)8-14(5-2)20-11-13(16)9-18-7-6-17-15(19)10-18/h4-5,8,13H,1,6-7,9-11,16H2,2-3H3,(H,17,19)/b12-8-,14-5+. The van der Waals surface area contributed by atoms with Crippen LogP contribution in [-0.2, 0) is 9.53 Å². The lowest BCUT2D eigenvalue weighted by Gasteiger charge is -2.28. The van der Waals surface area contributed by atoms with Gasteiger partial charge < -0.3 is 15.8 Å². The van der Waals surface area contributed by atoms with E-state index in [1.165, 1.54) is 0 Å². The number of amides is 1. The number of rotatable bonds is 7. The Kier molecular flexibility index (Phi) is 7.04. The molecule has 0 bridgehead atoms. The van der Waals surface area contributed by atoms with Gasteiger partial charge in [-0.05, 0) is 31.6 Å². The predicted octanol–water partition coefficient (Wildman–Crippen LogP) is 0.798. The lowest BCUT2D eigenvalue weighted by molar-refractivity contribution is -0.124. The van der Waals surface area contributed by atoms with Gasteiger partial charge in [0.05, 0.1) is 12.6 Å². The van der Waals surface area contributed by atoms with Crippen LogP contribution >= 0.6 is 0 Å². The van der Waals surface area contributed by atoms with Crippen molar-refractivity contribution >= 4 is 5.91 Å². The van der Waals surface area contributed by atoms with Gasteiger partial charge in [-0.15, -0.1) is 0 Å². The summed E-state index contributed by atoms with van der Waals surface area (Å²) in [6, 6.07) is -0.117. The fourth-order valence-corrected chi connectivity index (χ4v) is 1.93. The molecule has 1 fully saturated rings. The van der Waals surface area contributed by atoms with E-state index in [1.54, 1.807) is 6.08 Å². The van der Waals surface area contributed by atoms with Crippen molar-refractivity contribution in [3.8, 4) is 0 Å². The van der Waals surface area contributed by atoms with Crippen molar-refractivity contribution in [2.45, 2.75) is 19.9 Å². The number of hydrogen-bond donors (Lipinski definition) is 2. The van der Waals surface area contributed by atoms with Gasteiger partial charge in [-0.25, -0.2) is 0 Å². The summed E-state index contributed by atoms with van der Waals surface area (Å²) in [5, 5.41) is 2.79. The van der Waals surface area contributed by atoms with Crippen LogP contribution in [0.3, 0.4) is 0 Å². The van der Waals surface area contributed by atoms with E-state index >= 15 is 0 Å². The van der Waals surface area contributed by atoms with Crippen molar-refractivity contribution in [3.63, 3.8) is 0 Å². The van der Waals surface area contributed by atoms with Crippen molar-refractivity contribution in [2.24, 2.45) is 5.73 Å². The molecule has 0 aliphatic carbocycles. The maximum absolute atomic E-state index is 11.3. The van der Waals surface area contributed by atoms with Crippen LogP contribution < -0.4 is 11.1 Å². The SMILES string of the molecule is C=C/C(C)=C\C(=C/C)OCC(N)CN1CCNC(=O)C1. The molecule has 112 valence electrons.